The van der Waals surface area contributed by atoms with Gasteiger partial charge in [-0.05, 0) is 105 Å². The molecule has 1 unspecified atom stereocenters. The number of ether oxygens (including phenoxy) is 2. The zero-order valence-electron chi connectivity index (χ0n) is 39.0. The number of nitrogens with zero attached hydrogens (tertiary/aromatic N) is 3. The normalized spacial score (nSPS) is 16.8. The molecule has 3 aromatic carbocycles. The van der Waals surface area contributed by atoms with E-state index in [0.717, 1.165) is 58.6 Å². The van der Waals surface area contributed by atoms with Gasteiger partial charge in [-0.2, -0.15) is 0 Å². The van der Waals surface area contributed by atoms with Crippen molar-refractivity contribution in [3.63, 3.8) is 0 Å². The summed E-state index contributed by atoms with van der Waals surface area (Å²) in [6.45, 7) is 18.4. The Morgan fingerprint density at radius 2 is 1.55 bits per heavy atom. The number of benzene rings is 3. The Bertz CT molecular complexity index is 2220. The van der Waals surface area contributed by atoms with Crippen molar-refractivity contribution < 1.29 is 19.1 Å². The number of rotatable bonds is 23. The third kappa shape index (κ3) is 12.1. The highest BCUT2D eigenvalue weighted by Gasteiger charge is 2.44. The van der Waals surface area contributed by atoms with Gasteiger partial charge >= 0.3 is 0 Å². The molecule has 1 aliphatic rings. The van der Waals surface area contributed by atoms with Gasteiger partial charge in [0.25, 0.3) is 5.91 Å². The number of allylic oxidation sites excluding steroid dienone is 3. The summed E-state index contributed by atoms with van der Waals surface area (Å²) >= 11 is 0. The van der Waals surface area contributed by atoms with Gasteiger partial charge in [0.2, 0.25) is 5.91 Å². The summed E-state index contributed by atoms with van der Waals surface area (Å²) in [6, 6.07) is 32.5. The van der Waals surface area contributed by atoms with Crippen molar-refractivity contribution in [2.45, 2.75) is 53.4 Å². The minimum absolute atomic E-state index is 0.0113. The van der Waals surface area contributed by atoms with Crippen molar-refractivity contribution in [3.05, 3.63) is 148 Å². The van der Waals surface area contributed by atoms with Crippen molar-refractivity contribution in [1.29, 1.82) is 0 Å². The molecule has 5 rings (SSSR count). The first-order valence-corrected chi connectivity index (χ1v) is 24.3. The van der Waals surface area contributed by atoms with Gasteiger partial charge < -0.3 is 30.0 Å². The molecule has 0 radical (unpaired) electrons. The minimum atomic E-state index is -2.02. The summed E-state index contributed by atoms with van der Waals surface area (Å²) < 4.78 is 10.8. The fraction of sp³-hybridized carbons (Fsp3) is 0.358. The Kier molecular flexibility index (Phi) is 18.8. The van der Waals surface area contributed by atoms with Crippen LogP contribution in [0.15, 0.2) is 136 Å². The monoisotopic (exact) mass is 884 g/mol. The first-order valence-electron chi connectivity index (χ1n) is 22.3. The first-order chi connectivity index (χ1) is 31.0. The average molecular weight is 884 g/mol. The maximum Gasteiger partial charge on any atom is 0.257 e. The van der Waals surface area contributed by atoms with Gasteiger partial charge in [0, 0.05) is 81.5 Å². The number of nitrogens with one attached hydrogen (secondary N) is 3. The molecule has 1 aliphatic heterocycles. The van der Waals surface area contributed by atoms with Crippen LogP contribution in [-0.2, 0) is 25.5 Å². The number of aromatic nitrogens is 1. The number of amides is 2. The van der Waals surface area contributed by atoms with Crippen LogP contribution in [0.3, 0.4) is 0 Å². The van der Waals surface area contributed by atoms with Crippen LogP contribution in [0.25, 0.3) is 12.2 Å². The molecular formula is C53H68N6O4P+. The molecule has 1 aromatic heterocycles. The topological polar surface area (TPSA) is 120 Å². The zero-order chi connectivity index (χ0) is 46.1. The van der Waals surface area contributed by atoms with Crippen LogP contribution in [0, 0.1) is 18.8 Å². The fourth-order valence-electron chi connectivity index (χ4n) is 8.58. The largest absolute Gasteiger partial charge is 0.382 e. The van der Waals surface area contributed by atoms with Crippen LogP contribution in [0.4, 0.5) is 0 Å². The molecule has 0 spiro atoms. The van der Waals surface area contributed by atoms with Gasteiger partial charge in [-0.25, -0.2) is 0 Å². The number of hydrogen-bond donors (Lipinski definition) is 3. The molecule has 3 N–H and O–H groups in total. The van der Waals surface area contributed by atoms with E-state index in [4.69, 9.17) is 9.47 Å². The number of carbonyl (C=O) groups excluding carboxylic acids is 2. The number of aromatic amines is 1. The van der Waals surface area contributed by atoms with Crippen LogP contribution < -0.4 is 26.5 Å². The van der Waals surface area contributed by atoms with Gasteiger partial charge in [-0.15, -0.1) is 0 Å². The van der Waals surface area contributed by atoms with Gasteiger partial charge in [0.15, 0.2) is 0 Å². The molecule has 1 fully saturated rings. The number of carbonyl (C=O) groups is 2. The van der Waals surface area contributed by atoms with E-state index in [2.05, 4.69) is 157 Å². The predicted octanol–water partition coefficient (Wildman–Crippen LogP) is 8.06. The Labute approximate surface area is 382 Å². The van der Waals surface area contributed by atoms with Crippen LogP contribution in [0.1, 0.15) is 62.5 Å². The van der Waals surface area contributed by atoms with Crippen molar-refractivity contribution in [3.8, 4) is 0 Å². The number of H-pyrrole nitrogens is 1. The summed E-state index contributed by atoms with van der Waals surface area (Å²) in [5, 5.41) is 10.9. The van der Waals surface area contributed by atoms with Gasteiger partial charge in [-0.1, -0.05) is 75.0 Å². The molecule has 2 heterocycles. The zero-order valence-corrected chi connectivity index (χ0v) is 39.8. The molecular weight excluding hydrogens is 816 g/mol. The van der Waals surface area contributed by atoms with E-state index in [1.165, 1.54) is 21.5 Å². The lowest BCUT2D eigenvalue weighted by atomic mass is 9.87. The lowest BCUT2D eigenvalue weighted by Gasteiger charge is -2.27. The average Bonchev–Trinajstić information content (AvgIpc) is 3.79. The van der Waals surface area contributed by atoms with Crippen LogP contribution in [0.2, 0.25) is 0 Å². The predicted molar refractivity (Wildman–Crippen MR) is 270 cm³/mol. The highest BCUT2D eigenvalue weighted by Crippen LogP contribution is 2.55. The van der Waals surface area contributed by atoms with Crippen molar-refractivity contribution in [2.75, 3.05) is 60.3 Å². The first kappa shape index (κ1) is 49.3. The van der Waals surface area contributed by atoms with E-state index in [-0.39, 0.29) is 23.7 Å². The third-order valence-corrected chi connectivity index (χ3v) is 16.7. The second-order valence-corrected chi connectivity index (χ2v) is 19.9. The lowest BCUT2D eigenvalue weighted by Crippen LogP contribution is -2.35. The molecule has 4 aromatic rings. The molecule has 1 saturated heterocycles. The summed E-state index contributed by atoms with van der Waals surface area (Å²) in [6.07, 6.45) is 9.15. The smallest absolute Gasteiger partial charge is 0.257 e. The molecule has 0 bridgehead atoms. The maximum atomic E-state index is 14.2. The van der Waals surface area contributed by atoms with Crippen LogP contribution >= 0.6 is 7.26 Å². The standard InChI is InChI=1S/C53H67N6O4P/c1-10-44-39(4)48(57-50(44)35-47(55-7)38(2)3)36-49-40(5)45(52(58-49)46(37-54-6)53(61)59(8)30-31-63-33-32-62-9)27-28-51(60)56-29-20-34-64(41-21-14-11-15-22-41,42-23-16-12-17-24-42)43-25-18-13-19-26-43/h11-19,21-26,35-37,40,45,57H,2,7,10,20,27-34H2,1,3-6,8-9H3,(H-,54,56,58,60,61)/p+1/b47-35-,49-36-/t40-,45?/m0/s1. The van der Waals surface area contributed by atoms with E-state index < -0.39 is 7.26 Å². The van der Waals surface area contributed by atoms with Crippen molar-refractivity contribution >= 4 is 60.1 Å². The minimum Gasteiger partial charge on any atom is -0.382 e. The van der Waals surface area contributed by atoms with E-state index >= 15 is 0 Å². The molecule has 0 aliphatic carbocycles. The molecule has 11 heteroatoms. The van der Waals surface area contributed by atoms with Crippen LogP contribution in [0.5, 0.6) is 0 Å². The quantitative estimate of drug-likeness (QED) is 0.0229. The Balaban J connectivity index is 1.40. The number of likely N-dealkylation sites (N-methyl/N-ethyl adjacent to an activating group) is 1. The molecule has 338 valence electrons. The fourth-order valence-corrected chi connectivity index (χ4v) is 12.9. The molecule has 10 nitrogen and oxygen atoms in total. The van der Waals surface area contributed by atoms with E-state index in [1.54, 1.807) is 32.3 Å². The molecule has 0 saturated carbocycles. The SMILES string of the molecule is C=N/C(=C\c1[nH]c(/C=C2\N/C(=C(\C=NC)C(=O)N(C)CCOCCOC)C(CCC(=O)NCCC[P+](c3ccccc3)(c3ccccc3)c3ccccc3)[C@@H]2C)c(C)c1CC)C(=C)C. The molecule has 64 heavy (non-hydrogen) atoms. The molecule has 2 amide bonds. The summed E-state index contributed by atoms with van der Waals surface area (Å²) in [4.78, 5) is 41.9. The lowest BCUT2D eigenvalue weighted by molar-refractivity contribution is -0.126. The highest BCUT2D eigenvalue weighted by atomic mass is 31.2. The number of aliphatic imine (C=N–C) groups is 2. The van der Waals surface area contributed by atoms with Crippen molar-refractivity contribution in [1.82, 2.24) is 20.5 Å². The van der Waals surface area contributed by atoms with Crippen LogP contribution in [-0.4, -0.2) is 94.9 Å². The summed E-state index contributed by atoms with van der Waals surface area (Å²) in [5.74, 6) is -0.385. The Hall–Kier alpha value is -5.67. The Morgan fingerprint density at radius 1 is 0.938 bits per heavy atom. The number of methoxy groups -OCH3 is 1. The number of hydrogen-bond acceptors (Lipinski definition) is 7. The summed E-state index contributed by atoms with van der Waals surface area (Å²) in [7, 11) is 3.06. The van der Waals surface area contributed by atoms with Gasteiger partial charge in [0.05, 0.1) is 37.3 Å². The van der Waals surface area contributed by atoms with E-state index in [0.29, 0.717) is 51.3 Å². The molecule has 2 atom stereocenters. The highest BCUT2D eigenvalue weighted by molar-refractivity contribution is 7.95. The van der Waals surface area contributed by atoms with Gasteiger partial charge in [0.1, 0.15) is 23.2 Å². The van der Waals surface area contributed by atoms with Crippen molar-refractivity contribution in [2.24, 2.45) is 21.8 Å². The summed E-state index contributed by atoms with van der Waals surface area (Å²) in [5.41, 5.74) is 7.98. The van der Waals surface area contributed by atoms with E-state index in [1.807, 2.05) is 13.0 Å². The Morgan fingerprint density at radius 3 is 2.08 bits per heavy atom. The van der Waals surface area contributed by atoms with Gasteiger partial charge in [-0.3, -0.25) is 19.6 Å². The third-order valence-electron chi connectivity index (χ3n) is 12.1. The second-order valence-electron chi connectivity index (χ2n) is 16.3. The second kappa shape index (κ2) is 24.4. The van der Waals surface area contributed by atoms with E-state index in [9.17, 15) is 9.59 Å². The maximum absolute atomic E-state index is 14.2.